The topological polar surface area (TPSA) is 119 Å². The summed E-state index contributed by atoms with van der Waals surface area (Å²) in [5.74, 6) is 0. The Morgan fingerprint density at radius 1 is 1.00 bits per heavy atom. The van der Waals surface area contributed by atoms with E-state index in [1.807, 2.05) is 49.4 Å². The fourth-order valence-corrected chi connectivity index (χ4v) is 4.02. The second-order valence-electron chi connectivity index (χ2n) is 7.15. The van der Waals surface area contributed by atoms with E-state index in [0.717, 1.165) is 11.9 Å². The van der Waals surface area contributed by atoms with Crippen LogP contribution >= 0.6 is 0 Å². The summed E-state index contributed by atoms with van der Waals surface area (Å²) in [6, 6.07) is 22.0. The minimum Gasteiger partial charge on any atom is -0.346 e. The van der Waals surface area contributed by atoms with Gasteiger partial charge in [-0.1, -0.05) is 35.9 Å². The minimum atomic E-state index is -4.14. The first-order valence-electron chi connectivity index (χ1n) is 9.85. The maximum atomic E-state index is 13.1. The molecule has 0 fully saturated rings. The molecule has 10 heteroatoms. The van der Waals surface area contributed by atoms with Crippen LogP contribution in [0.5, 0.6) is 0 Å². The largest absolute Gasteiger partial charge is 0.346 e. The van der Waals surface area contributed by atoms with Gasteiger partial charge in [-0.3, -0.25) is 10.1 Å². The van der Waals surface area contributed by atoms with E-state index in [1.165, 1.54) is 35.1 Å². The van der Waals surface area contributed by atoms with Gasteiger partial charge in [0.1, 0.15) is 16.9 Å². The molecule has 0 aliphatic rings. The van der Waals surface area contributed by atoms with E-state index in [9.17, 15) is 18.5 Å². The highest BCUT2D eigenvalue weighted by Crippen LogP contribution is 2.30. The van der Waals surface area contributed by atoms with Gasteiger partial charge in [0.25, 0.3) is 15.7 Å². The number of aryl methyl sites for hydroxylation is 1. The molecule has 33 heavy (non-hydrogen) atoms. The average Bonchev–Trinajstić information content (AvgIpc) is 3.27. The van der Waals surface area contributed by atoms with Crippen molar-refractivity contribution < 1.29 is 13.3 Å². The van der Waals surface area contributed by atoms with Crippen LogP contribution in [0.25, 0.3) is 16.9 Å². The summed E-state index contributed by atoms with van der Waals surface area (Å²) in [6.45, 7) is 1.94. The number of aromatic nitrogens is 2. The van der Waals surface area contributed by atoms with Crippen molar-refractivity contribution in [2.24, 2.45) is 4.40 Å². The Balaban J connectivity index is 1.76. The number of anilines is 1. The smallest absolute Gasteiger partial charge is 0.287 e. The lowest BCUT2D eigenvalue weighted by Crippen LogP contribution is -2.02. The SMILES string of the molecule is Cc1ccc(-n2cc(S(=O)(=O)N=CNc3ccccc3)c(-c3ccc([N+](=O)[O-])cc3)n2)cc1. The molecule has 0 atom stereocenters. The molecule has 0 unspecified atom stereocenters. The normalized spacial score (nSPS) is 11.5. The van der Waals surface area contributed by atoms with Crippen LogP contribution < -0.4 is 5.32 Å². The molecule has 0 radical (unpaired) electrons. The molecule has 4 aromatic rings. The summed E-state index contributed by atoms with van der Waals surface area (Å²) in [7, 11) is -4.14. The Labute approximate surface area is 190 Å². The molecule has 4 rings (SSSR count). The lowest BCUT2D eigenvalue weighted by molar-refractivity contribution is -0.384. The third-order valence-electron chi connectivity index (χ3n) is 4.81. The molecule has 1 aromatic heterocycles. The summed E-state index contributed by atoms with van der Waals surface area (Å²) in [5, 5.41) is 18.3. The highest BCUT2D eigenvalue weighted by molar-refractivity contribution is 7.90. The molecule has 166 valence electrons. The first kappa shape index (κ1) is 21.9. The number of para-hydroxylation sites is 1. The lowest BCUT2D eigenvalue weighted by Gasteiger charge is -2.02. The number of nitrogens with zero attached hydrogens (tertiary/aromatic N) is 4. The van der Waals surface area contributed by atoms with Crippen LogP contribution in [0, 0.1) is 17.0 Å². The molecule has 3 aromatic carbocycles. The van der Waals surface area contributed by atoms with Crippen molar-refractivity contribution in [3.8, 4) is 16.9 Å². The Kier molecular flexibility index (Phi) is 6.01. The Bertz CT molecular complexity index is 1410. The zero-order valence-corrected chi connectivity index (χ0v) is 18.3. The molecular weight excluding hydrogens is 442 g/mol. The van der Waals surface area contributed by atoms with Crippen LogP contribution in [-0.4, -0.2) is 29.5 Å². The van der Waals surface area contributed by atoms with Gasteiger partial charge < -0.3 is 5.32 Å². The van der Waals surface area contributed by atoms with E-state index in [1.54, 1.807) is 12.1 Å². The number of benzene rings is 3. The predicted octanol–water partition coefficient (Wildman–Crippen LogP) is 4.59. The highest BCUT2D eigenvalue weighted by Gasteiger charge is 2.24. The van der Waals surface area contributed by atoms with Gasteiger partial charge >= 0.3 is 0 Å². The van der Waals surface area contributed by atoms with Gasteiger partial charge in [-0.15, -0.1) is 4.40 Å². The molecule has 1 N–H and O–H groups in total. The van der Waals surface area contributed by atoms with E-state index in [0.29, 0.717) is 16.9 Å². The van der Waals surface area contributed by atoms with Gasteiger partial charge in [-0.25, -0.2) is 4.68 Å². The highest BCUT2D eigenvalue weighted by atomic mass is 32.2. The fourth-order valence-electron chi connectivity index (χ4n) is 3.08. The van der Waals surface area contributed by atoms with Gasteiger partial charge in [0.2, 0.25) is 0 Å². The summed E-state index contributed by atoms with van der Waals surface area (Å²) >= 11 is 0. The van der Waals surface area contributed by atoms with Crippen LogP contribution in [-0.2, 0) is 10.0 Å². The van der Waals surface area contributed by atoms with Crippen molar-refractivity contribution in [1.29, 1.82) is 0 Å². The number of nitro benzene ring substituents is 1. The van der Waals surface area contributed by atoms with Gasteiger partial charge in [-0.2, -0.15) is 13.5 Å². The molecule has 1 heterocycles. The van der Waals surface area contributed by atoms with Crippen LogP contribution in [0.15, 0.2) is 94.4 Å². The van der Waals surface area contributed by atoms with E-state index in [2.05, 4.69) is 14.8 Å². The molecule has 0 spiro atoms. The zero-order valence-electron chi connectivity index (χ0n) is 17.5. The predicted molar refractivity (Wildman–Crippen MR) is 126 cm³/mol. The Morgan fingerprint density at radius 2 is 1.67 bits per heavy atom. The first-order chi connectivity index (χ1) is 15.8. The number of hydrogen-bond acceptors (Lipinski definition) is 5. The van der Waals surface area contributed by atoms with Crippen LogP contribution in [0.1, 0.15) is 5.56 Å². The van der Waals surface area contributed by atoms with Gasteiger partial charge in [-0.05, 0) is 43.3 Å². The van der Waals surface area contributed by atoms with Crippen molar-refractivity contribution >= 4 is 27.7 Å². The maximum Gasteiger partial charge on any atom is 0.287 e. The number of sulfonamides is 1. The number of non-ortho nitro benzene ring substituents is 1. The van der Waals surface area contributed by atoms with Crippen molar-refractivity contribution in [2.75, 3.05) is 5.32 Å². The Hall–Kier alpha value is -4.31. The molecule has 0 bridgehead atoms. The van der Waals surface area contributed by atoms with Crippen molar-refractivity contribution in [2.45, 2.75) is 11.8 Å². The monoisotopic (exact) mass is 461 g/mol. The van der Waals surface area contributed by atoms with E-state index in [-0.39, 0.29) is 16.3 Å². The number of hydrogen-bond donors (Lipinski definition) is 1. The third-order valence-corrected chi connectivity index (χ3v) is 6.04. The molecule has 0 saturated heterocycles. The molecule has 0 aliphatic heterocycles. The molecule has 0 amide bonds. The van der Waals surface area contributed by atoms with Gasteiger partial charge in [0.05, 0.1) is 16.8 Å². The first-order valence-corrected chi connectivity index (χ1v) is 11.3. The van der Waals surface area contributed by atoms with Gasteiger partial charge in [0, 0.05) is 23.4 Å². The van der Waals surface area contributed by atoms with Crippen molar-refractivity contribution in [3.63, 3.8) is 0 Å². The summed E-state index contributed by atoms with van der Waals surface area (Å²) in [4.78, 5) is 10.3. The summed E-state index contributed by atoms with van der Waals surface area (Å²) < 4.78 is 31.4. The summed E-state index contributed by atoms with van der Waals surface area (Å²) in [6.07, 6.45) is 2.49. The Morgan fingerprint density at radius 3 is 2.30 bits per heavy atom. The van der Waals surface area contributed by atoms with Crippen LogP contribution in [0.2, 0.25) is 0 Å². The third kappa shape index (κ3) is 4.96. The quantitative estimate of drug-likeness (QED) is 0.186. The maximum absolute atomic E-state index is 13.1. The lowest BCUT2D eigenvalue weighted by atomic mass is 10.1. The zero-order chi connectivity index (χ0) is 23.4. The number of rotatable bonds is 7. The average molecular weight is 462 g/mol. The molecular formula is C23H19N5O4S. The second kappa shape index (κ2) is 9.05. The van der Waals surface area contributed by atoms with Crippen LogP contribution in [0.4, 0.5) is 11.4 Å². The van der Waals surface area contributed by atoms with Crippen molar-refractivity contribution in [1.82, 2.24) is 9.78 Å². The molecule has 9 nitrogen and oxygen atoms in total. The molecule has 0 aliphatic carbocycles. The fraction of sp³-hybridized carbons (Fsp3) is 0.0435. The van der Waals surface area contributed by atoms with E-state index >= 15 is 0 Å². The summed E-state index contributed by atoms with van der Waals surface area (Å²) in [5.41, 5.74) is 2.84. The minimum absolute atomic E-state index is 0.105. The van der Waals surface area contributed by atoms with Crippen LogP contribution in [0.3, 0.4) is 0 Å². The van der Waals surface area contributed by atoms with Gasteiger partial charge in [0.15, 0.2) is 0 Å². The standard InChI is InChI=1S/C23H19N5O4S/c1-17-7-11-20(12-8-17)27-15-22(23(26-27)18-9-13-21(14-10-18)28(29)30)33(31,32)25-16-24-19-5-3-2-4-6-19/h2-16H,1H3,(H,24,25). The van der Waals surface area contributed by atoms with E-state index in [4.69, 9.17) is 0 Å². The van der Waals surface area contributed by atoms with Crippen molar-refractivity contribution in [3.05, 3.63) is 101 Å². The second-order valence-corrected chi connectivity index (χ2v) is 8.75. The van der Waals surface area contributed by atoms with E-state index < -0.39 is 14.9 Å². The number of nitrogens with one attached hydrogen (secondary N) is 1. The molecule has 0 saturated carbocycles. The number of nitro groups is 1.